The van der Waals surface area contributed by atoms with Gasteiger partial charge in [0.15, 0.2) is 0 Å². The van der Waals surface area contributed by atoms with Gasteiger partial charge in [0.2, 0.25) is 0 Å². The molecule has 0 aromatic carbocycles. The highest BCUT2D eigenvalue weighted by Crippen LogP contribution is 2.65. The fourth-order valence-electron chi connectivity index (χ4n) is 4.65. The Balaban J connectivity index is 1.35. The van der Waals surface area contributed by atoms with E-state index in [9.17, 15) is 4.79 Å². The molecule has 3 aliphatic carbocycles. The van der Waals surface area contributed by atoms with Gasteiger partial charge in [-0.25, -0.2) is 4.98 Å². The molecule has 1 aromatic rings. The standard InChI is InChI=1S/C17H23N3O/c1-2-7-18-12-5-6-13(19-9-12)17(21)20-16-14-10-3-4-11(8-10)15(14)16/h5-6,9-11,14-16,18H,2-4,7-8H2,1H3,(H,20,21). The van der Waals surface area contributed by atoms with Crippen LogP contribution in [0.2, 0.25) is 0 Å². The maximum atomic E-state index is 12.3. The van der Waals surface area contributed by atoms with Gasteiger partial charge in [-0.15, -0.1) is 0 Å². The van der Waals surface area contributed by atoms with Gasteiger partial charge >= 0.3 is 0 Å². The van der Waals surface area contributed by atoms with Gasteiger partial charge in [-0.2, -0.15) is 0 Å². The molecule has 4 nitrogen and oxygen atoms in total. The van der Waals surface area contributed by atoms with Gasteiger partial charge in [0, 0.05) is 12.6 Å². The molecule has 21 heavy (non-hydrogen) atoms. The van der Waals surface area contributed by atoms with Crippen LogP contribution in [0.4, 0.5) is 5.69 Å². The van der Waals surface area contributed by atoms with Crippen LogP contribution in [0, 0.1) is 23.7 Å². The molecule has 0 spiro atoms. The predicted molar refractivity (Wildman–Crippen MR) is 82.1 cm³/mol. The molecule has 0 aliphatic heterocycles. The lowest BCUT2D eigenvalue weighted by Gasteiger charge is -2.10. The van der Waals surface area contributed by atoms with Gasteiger partial charge in [0.1, 0.15) is 5.69 Å². The summed E-state index contributed by atoms with van der Waals surface area (Å²) in [7, 11) is 0. The molecule has 1 amide bonds. The lowest BCUT2D eigenvalue weighted by molar-refractivity contribution is 0.0939. The van der Waals surface area contributed by atoms with Crippen LogP contribution in [0.1, 0.15) is 43.1 Å². The van der Waals surface area contributed by atoms with Crippen LogP contribution >= 0.6 is 0 Å². The van der Waals surface area contributed by atoms with Crippen LogP contribution in [0.15, 0.2) is 18.3 Å². The number of aromatic nitrogens is 1. The molecule has 112 valence electrons. The molecule has 1 heterocycles. The van der Waals surface area contributed by atoms with Gasteiger partial charge in [-0.1, -0.05) is 6.92 Å². The zero-order valence-electron chi connectivity index (χ0n) is 12.5. The Morgan fingerprint density at radius 2 is 2.05 bits per heavy atom. The number of rotatable bonds is 5. The third-order valence-corrected chi connectivity index (χ3v) is 5.61. The molecule has 4 atom stereocenters. The topological polar surface area (TPSA) is 54.0 Å². The normalized spacial score (nSPS) is 35.4. The van der Waals surface area contributed by atoms with Crippen LogP contribution in [0.3, 0.4) is 0 Å². The van der Waals surface area contributed by atoms with Crippen molar-refractivity contribution < 1.29 is 4.79 Å². The first-order valence-electron chi connectivity index (χ1n) is 8.28. The highest BCUT2D eigenvalue weighted by atomic mass is 16.2. The van der Waals surface area contributed by atoms with E-state index in [1.807, 2.05) is 12.1 Å². The van der Waals surface area contributed by atoms with Crippen molar-refractivity contribution >= 4 is 11.6 Å². The summed E-state index contributed by atoms with van der Waals surface area (Å²) in [6.07, 6.45) is 7.01. The van der Waals surface area contributed by atoms with Crippen molar-refractivity contribution in [3.63, 3.8) is 0 Å². The summed E-state index contributed by atoms with van der Waals surface area (Å²) in [6, 6.07) is 4.19. The van der Waals surface area contributed by atoms with E-state index in [4.69, 9.17) is 0 Å². The van der Waals surface area contributed by atoms with Gasteiger partial charge in [0.25, 0.3) is 5.91 Å². The van der Waals surface area contributed by atoms with Crippen molar-refractivity contribution in [1.29, 1.82) is 0 Å². The van der Waals surface area contributed by atoms with Crippen molar-refractivity contribution in [3.8, 4) is 0 Å². The van der Waals surface area contributed by atoms with E-state index < -0.39 is 0 Å². The van der Waals surface area contributed by atoms with E-state index in [2.05, 4.69) is 22.5 Å². The predicted octanol–water partition coefficient (Wildman–Crippen LogP) is 2.68. The average molecular weight is 285 g/mol. The van der Waals surface area contributed by atoms with Crippen molar-refractivity contribution in [3.05, 3.63) is 24.0 Å². The lowest BCUT2D eigenvalue weighted by Crippen LogP contribution is -2.30. The maximum absolute atomic E-state index is 12.3. The minimum Gasteiger partial charge on any atom is -0.384 e. The number of carbonyl (C=O) groups is 1. The van der Waals surface area contributed by atoms with Gasteiger partial charge in [-0.3, -0.25) is 4.79 Å². The molecule has 0 saturated heterocycles. The molecule has 4 unspecified atom stereocenters. The summed E-state index contributed by atoms with van der Waals surface area (Å²) in [5.41, 5.74) is 1.52. The fraction of sp³-hybridized carbons (Fsp3) is 0.647. The van der Waals surface area contributed by atoms with Crippen LogP contribution in [0.25, 0.3) is 0 Å². The Morgan fingerprint density at radius 1 is 1.29 bits per heavy atom. The first-order chi connectivity index (χ1) is 10.3. The summed E-state index contributed by atoms with van der Waals surface area (Å²) >= 11 is 0. The highest BCUT2D eigenvalue weighted by molar-refractivity contribution is 5.93. The Bertz CT molecular complexity index is 525. The Morgan fingerprint density at radius 3 is 2.67 bits per heavy atom. The summed E-state index contributed by atoms with van der Waals surface area (Å²) in [5, 5.41) is 6.49. The minimum atomic E-state index is -0.00385. The van der Waals surface area contributed by atoms with Crippen LogP contribution in [-0.4, -0.2) is 23.5 Å². The van der Waals surface area contributed by atoms with Crippen molar-refractivity contribution in [2.45, 2.75) is 38.6 Å². The number of carbonyl (C=O) groups excluding carboxylic acids is 1. The SMILES string of the molecule is CCCNc1ccc(C(=O)NC2C3C4CCC(C4)C23)nc1. The number of fused-ring (bicyclic) bond motifs is 5. The molecule has 1 aromatic heterocycles. The van der Waals surface area contributed by atoms with Crippen LogP contribution < -0.4 is 10.6 Å². The molecule has 3 aliphatic rings. The van der Waals surface area contributed by atoms with E-state index in [-0.39, 0.29) is 5.91 Å². The Kier molecular flexibility index (Phi) is 3.12. The second-order valence-corrected chi connectivity index (χ2v) is 6.85. The maximum Gasteiger partial charge on any atom is 0.270 e. The number of nitrogens with zero attached hydrogens (tertiary/aromatic N) is 1. The number of amides is 1. The highest BCUT2D eigenvalue weighted by Gasteiger charge is 2.65. The molecule has 0 radical (unpaired) electrons. The van der Waals surface area contributed by atoms with E-state index >= 15 is 0 Å². The molecule has 4 heteroatoms. The van der Waals surface area contributed by atoms with E-state index in [0.29, 0.717) is 11.7 Å². The first-order valence-corrected chi connectivity index (χ1v) is 8.28. The molecule has 2 bridgehead atoms. The number of hydrogen-bond acceptors (Lipinski definition) is 3. The zero-order valence-corrected chi connectivity index (χ0v) is 12.5. The van der Waals surface area contributed by atoms with Crippen LogP contribution in [-0.2, 0) is 0 Å². The number of hydrogen-bond donors (Lipinski definition) is 2. The molecule has 3 fully saturated rings. The first kappa shape index (κ1) is 13.1. The average Bonchev–Trinajstić information content (AvgIpc) is 2.90. The third kappa shape index (κ3) is 2.21. The van der Waals surface area contributed by atoms with Gasteiger partial charge in [0.05, 0.1) is 11.9 Å². The fourth-order valence-corrected chi connectivity index (χ4v) is 4.65. The second-order valence-electron chi connectivity index (χ2n) is 6.85. The second kappa shape index (κ2) is 5.00. The number of anilines is 1. The third-order valence-electron chi connectivity index (χ3n) is 5.61. The van der Waals surface area contributed by atoms with Gasteiger partial charge in [-0.05, 0) is 61.5 Å². The smallest absolute Gasteiger partial charge is 0.270 e. The lowest BCUT2D eigenvalue weighted by atomic mass is 10.0. The van der Waals surface area contributed by atoms with Crippen molar-refractivity contribution in [1.82, 2.24) is 10.3 Å². The zero-order chi connectivity index (χ0) is 14.4. The van der Waals surface area contributed by atoms with Crippen LogP contribution in [0.5, 0.6) is 0 Å². The molecular weight excluding hydrogens is 262 g/mol. The van der Waals surface area contributed by atoms with E-state index in [1.165, 1.54) is 19.3 Å². The van der Waals surface area contributed by atoms with E-state index in [1.54, 1.807) is 6.20 Å². The summed E-state index contributed by atoms with van der Waals surface area (Å²) in [6.45, 7) is 3.06. The summed E-state index contributed by atoms with van der Waals surface area (Å²) in [4.78, 5) is 16.6. The van der Waals surface area contributed by atoms with Gasteiger partial charge < -0.3 is 10.6 Å². The summed E-state index contributed by atoms with van der Waals surface area (Å²) in [5.74, 6) is 3.32. The molecule has 4 rings (SSSR count). The minimum absolute atomic E-state index is 0.00385. The van der Waals surface area contributed by atoms with E-state index in [0.717, 1.165) is 42.3 Å². The molecule has 2 N–H and O–H groups in total. The largest absolute Gasteiger partial charge is 0.384 e. The molecular formula is C17H23N3O. The molecule has 3 saturated carbocycles. The Hall–Kier alpha value is -1.58. The monoisotopic (exact) mass is 285 g/mol. The Labute approximate surface area is 125 Å². The summed E-state index contributed by atoms with van der Waals surface area (Å²) < 4.78 is 0. The van der Waals surface area contributed by atoms with Crippen molar-refractivity contribution in [2.75, 3.05) is 11.9 Å². The number of pyridine rings is 1. The van der Waals surface area contributed by atoms with Crippen molar-refractivity contribution in [2.24, 2.45) is 23.7 Å². The quantitative estimate of drug-likeness (QED) is 0.874. The number of nitrogens with one attached hydrogen (secondary N) is 2.